The molecule has 3 nitrogen and oxygen atoms in total. The lowest BCUT2D eigenvalue weighted by Gasteiger charge is -2.34. The summed E-state index contributed by atoms with van der Waals surface area (Å²) in [6.45, 7) is 12.2. The molecule has 0 aliphatic heterocycles. The van der Waals surface area contributed by atoms with Crippen LogP contribution in [0.5, 0.6) is 0 Å². The van der Waals surface area contributed by atoms with E-state index in [4.69, 9.17) is 13.3 Å². The molecule has 0 aliphatic carbocycles. The molecule has 0 saturated heterocycles. The summed E-state index contributed by atoms with van der Waals surface area (Å²) >= 11 is 0. The fourth-order valence-electron chi connectivity index (χ4n) is 3.05. The van der Waals surface area contributed by atoms with Crippen LogP contribution in [0.15, 0.2) is 24.3 Å². The molecule has 0 aromatic heterocycles. The smallest absolute Gasteiger partial charge is 0.371 e. The third-order valence-electron chi connectivity index (χ3n) is 3.83. The highest BCUT2D eigenvalue weighted by atomic mass is 28.4. The second kappa shape index (κ2) is 11.9. The Morgan fingerprint density at radius 3 is 1.85 bits per heavy atom. The summed E-state index contributed by atoms with van der Waals surface area (Å²) in [5.41, 5.74) is 1.07. The Balaban J connectivity index is 2.46. The van der Waals surface area contributed by atoms with Crippen molar-refractivity contribution in [2.45, 2.75) is 98.0 Å². The van der Waals surface area contributed by atoms with Crippen molar-refractivity contribution in [3.8, 4) is 0 Å². The Hall–Kier alpha value is -0.753. The minimum atomic E-state index is -2.67. The predicted octanol–water partition coefficient (Wildman–Crippen LogP) is 6.14. The lowest BCUT2D eigenvalue weighted by Crippen LogP contribution is -2.50. The standard InChI is InChI=1S/C21H37FO3Si/c1-17(2)23-26(24-18(3)4,25-19(5)6)15-10-8-7-9-12-20-13-11-14-21(22)16-20/h11,13-14,16-19H,7-10,12,15H2,1-6H3. The molecule has 1 rings (SSSR count). The zero-order valence-electron chi connectivity index (χ0n) is 17.4. The molecule has 0 unspecified atom stereocenters. The highest BCUT2D eigenvalue weighted by Gasteiger charge is 2.43. The highest BCUT2D eigenvalue weighted by Crippen LogP contribution is 2.25. The first-order chi connectivity index (χ1) is 12.2. The fourth-order valence-corrected chi connectivity index (χ4v) is 6.41. The molecule has 0 atom stereocenters. The molecule has 150 valence electrons. The zero-order chi connectivity index (χ0) is 19.6. The number of unbranched alkanes of at least 4 members (excludes halogenated alkanes) is 3. The second-order valence-corrected chi connectivity index (χ2v) is 10.3. The summed E-state index contributed by atoms with van der Waals surface area (Å²) in [4.78, 5) is 0. The van der Waals surface area contributed by atoms with Gasteiger partial charge in [-0.2, -0.15) is 0 Å². The molecule has 1 aromatic rings. The van der Waals surface area contributed by atoms with Crippen LogP contribution in [0.1, 0.15) is 72.8 Å². The first kappa shape index (κ1) is 23.3. The average molecular weight is 385 g/mol. The summed E-state index contributed by atoms with van der Waals surface area (Å²) in [6.07, 6.45) is 5.51. The fraction of sp³-hybridized carbons (Fsp3) is 0.714. The van der Waals surface area contributed by atoms with Crippen molar-refractivity contribution in [3.63, 3.8) is 0 Å². The number of hydrogen-bond donors (Lipinski definition) is 0. The molecule has 0 amide bonds. The third kappa shape index (κ3) is 9.81. The second-order valence-electron chi connectivity index (χ2n) is 7.73. The highest BCUT2D eigenvalue weighted by molar-refractivity contribution is 6.60. The summed E-state index contributed by atoms with van der Waals surface area (Å²) in [5.74, 6) is -0.152. The van der Waals surface area contributed by atoms with E-state index < -0.39 is 8.80 Å². The molecular formula is C21H37FO3Si. The van der Waals surface area contributed by atoms with E-state index in [-0.39, 0.29) is 24.1 Å². The maximum Gasteiger partial charge on any atom is 0.501 e. The lowest BCUT2D eigenvalue weighted by atomic mass is 10.1. The summed E-state index contributed by atoms with van der Waals surface area (Å²) in [5, 5.41) is 0. The van der Waals surface area contributed by atoms with E-state index in [1.54, 1.807) is 12.1 Å². The van der Waals surface area contributed by atoms with Crippen LogP contribution in [0, 0.1) is 5.82 Å². The topological polar surface area (TPSA) is 27.7 Å². The molecule has 0 N–H and O–H groups in total. The zero-order valence-corrected chi connectivity index (χ0v) is 18.4. The van der Waals surface area contributed by atoms with Crippen molar-refractivity contribution in [2.24, 2.45) is 0 Å². The van der Waals surface area contributed by atoms with Gasteiger partial charge in [-0.3, -0.25) is 0 Å². The van der Waals surface area contributed by atoms with Gasteiger partial charge in [0, 0.05) is 24.4 Å². The summed E-state index contributed by atoms with van der Waals surface area (Å²) < 4.78 is 31.8. The van der Waals surface area contributed by atoms with Gasteiger partial charge in [-0.05, 0) is 78.5 Å². The summed E-state index contributed by atoms with van der Waals surface area (Å²) in [6, 6.07) is 7.74. The van der Waals surface area contributed by atoms with Crippen molar-refractivity contribution in [1.29, 1.82) is 0 Å². The molecule has 26 heavy (non-hydrogen) atoms. The minimum Gasteiger partial charge on any atom is -0.371 e. The molecule has 5 heteroatoms. The number of aryl methyl sites for hydroxylation is 1. The molecular weight excluding hydrogens is 347 g/mol. The van der Waals surface area contributed by atoms with E-state index in [0.29, 0.717) is 0 Å². The van der Waals surface area contributed by atoms with Crippen molar-refractivity contribution >= 4 is 8.80 Å². The first-order valence-corrected chi connectivity index (χ1v) is 11.9. The van der Waals surface area contributed by atoms with Crippen LogP contribution in [0.4, 0.5) is 4.39 Å². The average Bonchev–Trinajstić information content (AvgIpc) is 2.48. The molecule has 1 aromatic carbocycles. The van der Waals surface area contributed by atoms with Crippen LogP contribution in [-0.4, -0.2) is 27.1 Å². The molecule has 0 radical (unpaired) electrons. The van der Waals surface area contributed by atoms with Gasteiger partial charge in [0.15, 0.2) is 0 Å². The van der Waals surface area contributed by atoms with Gasteiger partial charge in [0.25, 0.3) is 0 Å². The maximum atomic E-state index is 13.2. The Morgan fingerprint density at radius 2 is 1.35 bits per heavy atom. The molecule has 0 aliphatic rings. The third-order valence-corrected chi connectivity index (χ3v) is 7.29. The van der Waals surface area contributed by atoms with Gasteiger partial charge in [-0.15, -0.1) is 0 Å². The molecule has 0 saturated carbocycles. The van der Waals surface area contributed by atoms with Gasteiger partial charge in [-0.25, -0.2) is 4.39 Å². The van der Waals surface area contributed by atoms with Crippen molar-refractivity contribution in [1.82, 2.24) is 0 Å². The van der Waals surface area contributed by atoms with Crippen LogP contribution in [0.2, 0.25) is 6.04 Å². The van der Waals surface area contributed by atoms with Gasteiger partial charge < -0.3 is 13.3 Å². The number of halogens is 1. The van der Waals surface area contributed by atoms with Gasteiger partial charge >= 0.3 is 8.80 Å². The van der Waals surface area contributed by atoms with E-state index in [9.17, 15) is 4.39 Å². The van der Waals surface area contributed by atoms with Crippen molar-refractivity contribution in [3.05, 3.63) is 35.6 Å². The van der Waals surface area contributed by atoms with Gasteiger partial charge in [-0.1, -0.05) is 25.0 Å². The Kier molecular flexibility index (Phi) is 10.6. The van der Waals surface area contributed by atoms with Crippen LogP contribution in [-0.2, 0) is 19.7 Å². The molecule has 0 fully saturated rings. The normalized spacial score (nSPS) is 12.5. The Morgan fingerprint density at radius 1 is 0.808 bits per heavy atom. The molecule has 0 bridgehead atoms. The van der Waals surface area contributed by atoms with Crippen molar-refractivity contribution in [2.75, 3.05) is 0 Å². The van der Waals surface area contributed by atoms with E-state index >= 15 is 0 Å². The van der Waals surface area contributed by atoms with Crippen LogP contribution >= 0.6 is 0 Å². The number of rotatable bonds is 13. The Bertz CT molecular complexity index is 479. The predicted molar refractivity (Wildman–Crippen MR) is 108 cm³/mol. The Labute approximate surface area is 160 Å². The maximum absolute atomic E-state index is 13.2. The lowest BCUT2D eigenvalue weighted by molar-refractivity contribution is 0.00278. The van der Waals surface area contributed by atoms with Gasteiger partial charge in [0.1, 0.15) is 5.82 Å². The van der Waals surface area contributed by atoms with Gasteiger partial charge in [0.2, 0.25) is 0 Å². The van der Waals surface area contributed by atoms with E-state index in [1.165, 1.54) is 6.07 Å². The SMILES string of the molecule is CC(C)O[Si](CCCCCCc1cccc(F)c1)(OC(C)C)OC(C)C. The van der Waals surface area contributed by atoms with E-state index in [2.05, 4.69) is 0 Å². The largest absolute Gasteiger partial charge is 0.501 e. The number of hydrogen-bond acceptors (Lipinski definition) is 3. The van der Waals surface area contributed by atoms with Crippen molar-refractivity contribution < 1.29 is 17.7 Å². The van der Waals surface area contributed by atoms with Gasteiger partial charge in [0.05, 0.1) is 0 Å². The van der Waals surface area contributed by atoms with E-state index in [1.807, 2.05) is 47.6 Å². The van der Waals surface area contributed by atoms with Crippen LogP contribution in [0.3, 0.4) is 0 Å². The van der Waals surface area contributed by atoms with Crippen LogP contribution in [0.25, 0.3) is 0 Å². The number of benzene rings is 1. The summed E-state index contributed by atoms with van der Waals surface area (Å²) in [7, 11) is -2.67. The van der Waals surface area contributed by atoms with E-state index in [0.717, 1.165) is 43.7 Å². The first-order valence-electron chi connectivity index (χ1n) is 10.0. The quantitative estimate of drug-likeness (QED) is 0.302. The monoisotopic (exact) mass is 384 g/mol. The minimum absolute atomic E-state index is 0.0899. The van der Waals surface area contributed by atoms with Crippen LogP contribution < -0.4 is 0 Å². The molecule has 0 spiro atoms. The molecule has 0 heterocycles.